The Morgan fingerprint density at radius 3 is 2.84 bits per heavy atom. The molecular weight excluding hydrogens is 320 g/mol. The van der Waals surface area contributed by atoms with Crippen LogP contribution in [0.5, 0.6) is 0 Å². The highest BCUT2D eigenvalue weighted by molar-refractivity contribution is 5.81. The summed E-state index contributed by atoms with van der Waals surface area (Å²) in [5, 5.41) is 11.1. The SMILES string of the molecule is Cn1cnc(CN2CC[C@@H](n3cnc4c(N)ncnc43)[C@](C)(O)C2)c1. The van der Waals surface area contributed by atoms with Gasteiger partial charge in [-0.05, 0) is 13.3 Å². The Kier molecular flexibility index (Phi) is 3.69. The Bertz CT molecular complexity index is 899. The van der Waals surface area contributed by atoms with Crippen LogP contribution >= 0.6 is 0 Å². The lowest BCUT2D eigenvalue weighted by Crippen LogP contribution is -2.52. The van der Waals surface area contributed by atoms with E-state index in [1.54, 1.807) is 12.7 Å². The highest BCUT2D eigenvalue weighted by atomic mass is 16.3. The van der Waals surface area contributed by atoms with Crippen LogP contribution in [-0.2, 0) is 13.6 Å². The molecule has 9 nitrogen and oxygen atoms in total. The molecule has 0 unspecified atom stereocenters. The molecule has 0 amide bonds. The van der Waals surface area contributed by atoms with Crippen molar-refractivity contribution in [2.24, 2.45) is 7.05 Å². The summed E-state index contributed by atoms with van der Waals surface area (Å²) >= 11 is 0. The first-order chi connectivity index (χ1) is 11.9. The van der Waals surface area contributed by atoms with E-state index in [0.717, 1.165) is 25.2 Å². The van der Waals surface area contributed by atoms with Gasteiger partial charge in [-0.15, -0.1) is 0 Å². The summed E-state index contributed by atoms with van der Waals surface area (Å²) in [6, 6.07) is -0.119. The Labute approximate surface area is 145 Å². The van der Waals surface area contributed by atoms with Gasteiger partial charge in [0, 0.05) is 32.9 Å². The van der Waals surface area contributed by atoms with E-state index in [2.05, 4.69) is 24.8 Å². The number of aromatic nitrogens is 6. The zero-order chi connectivity index (χ0) is 17.6. The van der Waals surface area contributed by atoms with Gasteiger partial charge in [0.2, 0.25) is 0 Å². The summed E-state index contributed by atoms with van der Waals surface area (Å²) in [5.41, 5.74) is 7.20. The molecule has 0 aromatic carbocycles. The number of hydrogen-bond donors (Lipinski definition) is 2. The lowest BCUT2D eigenvalue weighted by atomic mass is 9.88. The van der Waals surface area contributed by atoms with Gasteiger partial charge in [0.15, 0.2) is 11.5 Å². The average molecular weight is 342 g/mol. The minimum Gasteiger partial charge on any atom is -0.387 e. The van der Waals surface area contributed by atoms with E-state index in [9.17, 15) is 5.11 Å². The van der Waals surface area contributed by atoms with Crippen LogP contribution in [0.2, 0.25) is 0 Å². The van der Waals surface area contributed by atoms with E-state index in [4.69, 9.17) is 5.73 Å². The molecular formula is C16H22N8O. The van der Waals surface area contributed by atoms with Gasteiger partial charge >= 0.3 is 0 Å². The number of fused-ring (bicyclic) bond motifs is 1. The lowest BCUT2D eigenvalue weighted by Gasteiger charge is -2.43. The quantitative estimate of drug-likeness (QED) is 0.706. The number of piperidine rings is 1. The molecule has 9 heteroatoms. The fraction of sp³-hybridized carbons (Fsp3) is 0.500. The third-order valence-corrected chi connectivity index (χ3v) is 4.85. The zero-order valence-corrected chi connectivity index (χ0v) is 14.4. The molecule has 25 heavy (non-hydrogen) atoms. The summed E-state index contributed by atoms with van der Waals surface area (Å²) in [6.07, 6.45) is 7.71. The van der Waals surface area contributed by atoms with Crippen LogP contribution in [0.25, 0.3) is 11.2 Å². The van der Waals surface area contributed by atoms with Crippen LogP contribution in [0.15, 0.2) is 25.2 Å². The summed E-state index contributed by atoms with van der Waals surface area (Å²) in [6.45, 7) is 3.99. The Hall–Kier alpha value is -2.52. The number of aryl methyl sites for hydroxylation is 1. The number of likely N-dealkylation sites (tertiary alicyclic amines) is 1. The summed E-state index contributed by atoms with van der Waals surface area (Å²) in [4.78, 5) is 19.2. The third kappa shape index (κ3) is 2.85. The minimum atomic E-state index is -0.916. The second-order valence-corrected chi connectivity index (χ2v) is 6.99. The molecule has 0 saturated carbocycles. The molecule has 3 aromatic heterocycles. The topological polar surface area (TPSA) is 111 Å². The molecule has 132 valence electrons. The molecule has 4 heterocycles. The normalized spacial score (nSPS) is 24.8. The number of nitrogen functional groups attached to an aromatic ring is 1. The van der Waals surface area contributed by atoms with Crippen LogP contribution in [-0.4, -0.2) is 57.8 Å². The maximum absolute atomic E-state index is 11.1. The van der Waals surface area contributed by atoms with Crippen molar-refractivity contribution in [3.63, 3.8) is 0 Å². The number of nitrogens with two attached hydrogens (primary N) is 1. The molecule has 1 aliphatic rings. The molecule has 0 aliphatic carbocycles. The van der Waals surface area contributed by atoms with Gasteiger partial charge < -0.3 is 20.0 Å². The largest absolute Gasteiger partial charge is 0.387 e. The van der Waals surface area contributed by atoms with Crippen molar-refractivity contribution in [2.75, 3.05) is 18.8 Å². The van der Waals surface area contributed by atoms with Gasteiger partial charge in [-0.25, -0.2) is 19.9 Å². The molecule has 1 fully saturated rings. The van der Waals surface area contributed by atoms with Crippen molar-refractivity contribution in [1.82, 2.24) is 34.0 Å². The number of nitrogens with zero attached hydrogens (tertiary/aromatic N) is 7. The number of rotatable bonds is 3. The maximum atomic E-state index is 11.1. The van der Waals surface area contributed by atoms with Crippen molar-refractivity contribution >= 4 is 17.0 Å². The molecule has 0 bridgehead atoms. The standard InChI is InChI=1S/C16H22N8O/c1-16(25)7-23(6-11-5-22(2)9-20-11)4-3-12(16)24-10-21-13-14(17)18-8-19-15(13)24/h5,8-10,12,25H,3-4,6-7H2,1-2H3,(H2,17,18,19)/t12-,16-/m1/s1. The molecule has 3 aromatic rings. The van der Waals surface area contributed by atoms with Crippen molar-refractivity contribution in [3.05, 3.63) is 30.9 Å². The summed E-state index contributed by atoms with van der Waals surface area (Å²) in [7, 11) is 1.95. The molecule has 0 spiro atoms. The summed E-state index contributed by atoms with van der Waals surface area (Å²) in [5.74, 6) is 0.357. The van der Waals surface area contributed by atoms with Gasteiger partial charge in [0.05, 0.1) is 30.0 Å². The second-order valence-electron chi connectivity index (χ2n) is 6.99. The maximum Gasteiger partial charge on any atom is 0.165 e. The minimum absolute atomic E-state index is 0.119. The fourth-order valence-electron chi connectivity index (χ4n) is 3.70. The van der Waals surface area contributed by atoms with Gasteiger partial charge in [-0.3, -0.25) is 4.90 Å². The van der Waals surface area contributed by atoms with Gasteiger partial charge in [0.1, 0.15) is 11.8 Å². The number of aliphatic hydroxyl groups is 1. The van der Waals surface area contributed by atoms with E-state index >= 15 is 0 Å². The fourth-order valence-corrected chi connectivity index (χ4v) is 3.70. The molecule has 1 saturated heterocycles. The van der Waals surface area contributed by atoms with Crippen LogP contribution in [0.4, 0.5) is 5.82 Å². The molecule has 2 atom stereocenters. The van der Waals surface area contributed by atoms with Gasteiger partial charge in [-0.1, -0.05) is 0 Å². The molecule has 1 aliphatic heterocycles. The first-order valence-corrected chi connectivity index (χ1v) is 8.28. The average Bonchev–Trinajstić information content (AvgIpc) is 3.14. The Morgan fingerprint density at radius 2 is 2.12 bits per heavy atom. The predicted octanol–water partition coefficient (Wildman–Crippen LogP) is 0.340. The van der Waals surface area contributed by atoms with Crippen molar-refractivity contribution in [2.45, 2.75) is 31.5 Å². The first kappa shape index (κ1) is 16.0. The third-order valence-electron chi connectivity index (χ3n) is 4.85. The number of imidazole rings is 2. The van der Waals surface area contributed by atoms with Crippen LogP contribution in [0.3, 0.4) is 0 Å². The van der Waals surface area contributed by atoms with Crippen LogP contribution in [0, 0.1) is 0 Å². The van der Waals surface area contributed by atoms with Gasteiger partial charge in [-0.2, -0.15) is 0 Å². The second kappa shape index (κ2) is 5.78. The Morgan fingerprint density at radius 1 is 1.28 bits per heavy atom. The van der Waals surface area contributed by atoms with Crippen molar-refractivity contribution in [3.8, 4) is 0 Å². The van der Waals surface area contributed by atoms with E-state index in [1.807, 2.05) is 29.3 Å². The van der Waals surface area contributed by atoms with Crippen molar-refractivity contribution < 1.29 is 5.11 Å². The molecule has 0 radical (unpaired) electrons. The van der Waals surface area contributed by atoms with Gasteiger partial charge in [0.25, 0.3) is 0 Å². The zero-order valence-electron chi connectivity index (χ0n) is 14.4. The number of anilines is 1. The summed E-state index contributed by atoms with van der Waals surface area (Å²) < 4.78 is 3.85. The smallest absolute Gasteiger partial charge is 0.165 e. The lowest BCUT2D eigenvalue weighted by molar-refractivity contribution is -0.0581. The van der Waals surface area contributed by atoms with E-state index in [0.29, 0.717) is 23.5 Å². The molecule has 3 N–H and O–H groups in total. The van der Waals surface area contributed by atoms with Crippen LogP contribution in [0.1, 0.15) is 25.1 Å². The Balaban J connectivity index is 1.57. The number of β-amino-alcohol motifs (C(OH)–C–C–N with tert-alkyl or cyclic N) is 1. The van der Waals surface area contributed by atoms with E-state index in [-0.39, 0.29) is 6.04 Å². The monoisotopic (exact) mass is 342 g/mol. The van der Waals surface area contributed by atoms with E-state index < -0.39 is 5.60 Å². The number of hydrogen-bond acceptors (Lipinski definition) is 7. The predicted molar refractivity (Wildman–Crippen MR) is 92.5 cm³/mol. The van der Waals surface area contributed by atoms with Crippen molar-refractivity contribution in [1.29, 1.82) is 0 Å². The first-order valence-electron chi connectivity index (χ1n) is 8.28. The van der Waals surface area contributed by atoms with Crippen LogP contribution < -0.4 is 5.73 Å². The highest BCUT2D eigenvalue weighted by Gasteiger charge is 2.40. The van der Waals surface area contributed by atoms with E-state index in [1.165, 1.54) is 6.33 Å². The highest BCUT2D eigenvalue weighted by Crippen LogP contribution is 2.34. The molecule has 4 rings (SSSR count).